The summed E-state index contributed by atoms with van der Waals surface area (Å²) in [5.74, 6) is 0.771. The number of thioether (sulfide) groups is 2. The molecule has 28 heavy (non-hydrogen) atoms. The molecule has 146 valence electrons. The van der Waals surface area contributed by atoms with E-state index < -0.39 is 6.10 Å². The van der Waals surface area contributed by atoms with Crippen molar-refractivity contribution in [3.05, 3.63) is 70.1 Å². The van der Waals surface area contributed by atoms with Crippen molar-refractivity contribution >= 4 is 39.9 Å². The Kier molecular flexibility index (Phi) is 6.99. The zero-order valence-electron chi connectivity index (χ0n) is 16.1. The van der Waals surface area contributed by atoms with Gasteiger partial charge in [-0.15, -0.1) is 11.8 Å². The molecule has 1 heterocycles. The summed E-state index contributed by atoms with van der Waals surface area (Å²) in [4.78, 5) is 16.5. The van der Waals surface area contributed by atoms with Gasteiger partial charge < -0.3 is 9.84 Å². The first-order chi connectivity index (χ1) is 13.5. The average molecular weight is 414 g/mol. The van der Waals surface area contributed by atoms with Crippen LogP contribution in [-0.2, 0) is 11.4 Å². The third kappa shape index (κ3) is 5.28. The first-order valence-electron chi connectivity index (χ1n) is 9.02. The molecule has 2 aromatic rings. The van der Waals surface area contributed by atoms with Crippen LogP contribution < -0.4 is 4.74 Å². The number of nitrogens with zero attached hydrogens (tertiary/aromatic N) is 1. The highest BCUT2D eigenvalue weighted by molar-refractivity contribution is 8.40. The number of carbonyl (C=O) groups excluding carboxylic acids is 1. The van der Waals surface area contributed by atoms with Crippen molar-refractivity contribution in [2.24, 2.45) is 10.9 Å². The third-order valence-corrected chi connectivity index (χ3v) is 6.28. The summed E-state index contributed by atoms with van der Waals surface area (Å²) in [6, 6.07) is 15.5. The number of aliphatic imine (C=N–C) groups is 1. The number of amides is 1. The van der Waals surface area contributed by atoms with Crippen LogP contribution in [0, 0.1) is 5.92 Å². The number of hydrogen-bond acceptors (Lipinski definition) is 5. The Labute approximate surface area is 174 Å². The van der Waals surface area contributed by atoms with E-state index in [1.807, 2.05) is 74.7 Å². The van der Waals surface area contributed by atoms with Crippen LogP contribution in [0.3, 0.4) is 0 Å². The monoisotopic (exact) mass is 413 g/mol. The Morgan fingerprint density at radius 2 is 1.82 bits per heavy atom. The smallest absolute Gasteiger partial charge is 0.285 e. The van der Waals surface area contributed by atoms with Crippen LogP contribution in [0.15, 0.2) is 58.4 Å². The summed E-state index contributed by atoms with van der Waals surface area (Å²) in [7, 11) is 0. The lowest BCUT2D eigenvalue weighted by atomic mass is 9.98. The summed E-state index contributed by atoms with van der Waals surface area (Å²) in [5.41, 5.74) is 2.90. The summed E-state index contributed by atoms with van der Waals surface area (Å²) < 4.78 is 6.62. The van der Waals surface area contributed by atoms with Gasteiger partial charge in [0.25, 0.3) is 5.91 Å². The van der Waals surface area contributed by atoms with Crippen molar-refractivity contribution in [1.29, 1.82) is 0 Å². The molecule has 3 rings (SSSR count). The van der Waals surface area contributed by atoms with Gasteiger partial charge in [-0.3, -0.25) is 4.79 Å². The largest absolute Gasteiger partial charge is 0.489 e. The van der Waals surface area contributed by atoms with E-state index in [0.29, 0.717) is 11.5 Å². The maximum atomic E-state index is 11.8. The predicted octanol–water partition coefficient (Wildman–Crippen LogP) is 5.29. The van der Waals surface area contributed by atoms with Gasteiger partial charge in [0, 0.05) is 0 Å². The summed E-state index contributed by atoms with van der Waals surface area (Å²) in [6.07, 6.45) is 3.31. The van der Waals surface area contributed by atoms with Gasteiger partial charge in [0.15, 0.2) is 0 Å². The third-order valence-electron chi connectivity index (χ3n) is 4.31. The van der Waals surface area contributed by atoms with Gasteiger partial charge in [-0.2, -0.15) is 4.99 Å². The summed E-state index contributed by atoms with van der Waals surface area (Å²) >= 11 is 2.88. The highest BCUT2D eigenvalue weighted by Gasteiger charge is 2.20. The van der Waals surface area contributed by atoms with Gasteiger partial charge in [0.2, 0.25) is 0 Å². The zero-order valence-corrected chi connectivity index (χ0v) is 17.7. The SMILES string of the molecule is CSC1=NC(=O)/C(=C/c2ccc(OCc3ccc(C(O)C(C)C)cc3)cc2)S1. The minimum absolute atomic E-state index is 0.180. The highest BCUT2D eigenvalue weighted by atomic mass is 32.2. The summed E-state index contributed by atoms with van der Waals surface area (Å²) in [6.45, 7) is 4.45. The lowest BCUT2D eigenvalue weighted by Gasteiger charge is -2.15. The first kappa shape index (κ1) is 20.7. The average Bonchev–Trinajstić information content (AvgIpc) is 3.06. The van der Waals surface area contributed by atoms with Crippen LogP contribution in [0.2, 0.25) is 0 Å². The van der Waals surface area contributed by atoms with E-state index in [1.165, 1.54) is 23.5 Å². The number of benzene rings is 2. The maximum Gasteiger partial charge on any atom is 0.285 e. The van der Waals surface area contributed by atoms with Gasteiger partial charge >= 0.3 is 0 Å². The second kappa shape index (κ2) is 9.45. The molecule has 0 fully saturated rings. The van der Waals surface area contributed by atoms with E-state index in [1.54, 1.807) is 0 Å². The normalized spacial score (nSPS) is 16.5. The fraction of sp³-hybridized carbons (Fsp3) is 0.273. The van der Waals surface area contributed by atoms with E-state index in [2.05, 4.69) is 4.99 Å². The summed E-state index contributed by atoms with van der Waals surface area (Å²) in [5, 5.41) is 10.1. The fourth-order valence-electron chi connectivity index (χ4n) is 2.65. The fourth-order valence-corrected chi connectivity index (χ4v) is 4.07. The molecule has 1 aliphatic heterocycles. The minimum Gasteiger partial charge on any atom is -0.489 e. The molecular formula is C22H23NO3S2. The van der Waals surface area contributed by atoms with E-state index in [4.69, 9.17) is 4.74 Å². The van der Waals surface area contributed by atoms with E-state index in [9.17, 15) is 9.90 Å². The van der Waals surface area contributed by atoms with Gasteiger partial charge in [0.05, 0.1) is 11.0 Å². The number of ether oxygens (including phenoxy) is 1. The van der Waals surface area contributed by atoms with E-state index >= 15 is 0 Å². The molecule has 0 saturated heterocycles. The van der Waals surface area contributed by atoms with Crippen LogP contribution in [0.25, 0.3) is 6.08 Å². The quantitative estimate of drug-likeness (QED) is 0.652. The Morgan fingerprint density at radius 1 is 1.14 bits per heavy atom. The van der Waals surface area contributed by atoms with E-state index in [0.717, 1.165) is 26.8 Å². The Balaban J connectivity index is 1.57. The molecule has 0 bridgehead atoms. The predicted molar refractivity (Wildman–Crippen MR) is 119 cm³/mol. The van der Waals surface area contributed by atoms with E-state index in [-0.39, 0.29) is 11.8 Å². The molecule has 1 atom stereocenters. The lowest BCUT2D eigenvalue weighted by molar-refractivity contribution is -0.113. The van der Waals surface area contributed by atoms with Crippen LogP contribution in [0.1, 0.15) is 36.6 Å². The second-order valence-electron chi connectivity index (χ2n) is 6.79. The van der Waals surface area contributed by atoms with Gasteiger partial charge in [-0.1, -0.05) is 62.0 Å². The second-order valence-corrected chi connectivity index (χ2v) is 8.87. The van der Waals surface area contributed by atoms with Gasteiger partial charge in [0.1, 0.15) is 16.7 Å². The number of carbonyl (C=O) groups is 1. The molecular weight excluding hydrogens is 390 g/mol. The minimum atomic E-state index is -0.445. The van der Waals surface area contributed by atoms with Crippen molar-refractivity contribution in [3.8, 4) is 5.75 Å². The highest BCUT2D eigenvalue weighted by Crippen LogP contribution is 2.32. The van der Waals surface area contributed by atoms with Crippen LogP contribution in [-0.4, -0.2) is 21.6 Å². The number of hydrogen-bond donors (Lipinski definition) is 1. The topological polar surface area (TPSA) is 58.9 Å². The molecule has 0 saturated carbocycles. The van der Waals surface area contributed by atoms with Crippen molar-refractivity contribution in [1.82, 2.24) is 0 Å². The molecule has 0 aliphatic carbocycles. The van der Waals surface area contributed by atoms with Crippen LogP contribution >= 0.6 is 23.5 Å². The molecule has 1 amide bonds. The van der Waals surface area contributed by atoms with Crippen molar-refractivity contribution in [2.75, 3.05) is 6.26 Å². The van der Waals surface area contributed by atoms with Crippen molar-refractivity contribution in [3.63, 3.8) is 0 Å². The number of aliphatic hydroxyl groups excluding tert-OH is 1. The first-order valence-corrected chi connectivity index (χ1v) is 11.1. The maximum absolute atomic E-state index is 11.8. The lowest BCUT2D eigenvalue weighted by Crippen LogP contribution is -2.05. The number of rotatable bonds is 6. The Hall–Kier alpha value is -2.02. The van der Waals surface area contributed by atoms with Gasteiger partial charge in [-0.25, -0.2) is 0 Å². The molecule has 4 nitrogen and oxygen atoms in total. The van der Waals surface area contributed by atoms with Crippen molar-refractivity contribution in [2.45, 2.75) is 26.6 Å². The molecule has 1 unspecified atom stereocenters. The molecule has 6 heteroatoms. The molecule has 0 aromatic heterocycles. The molecule has 0 radical (unpaired) electrons. The van der Waals surface area contributed by atoms with Crippen LogP contribution in [0.5, 0.6) is 5.75 Å². The van der Waals surface area contributed by atoms with Crippen molar-refractivity contribution < 1.29 is 14.6 Å². The number of aliphatic hydroxyl groups is 1. The Bertz CT molecular complexity index is 887. The van der Waals surface area contributed by atoms with Crippen LogP contribution in [0.4, 0.5) is 0 Å². The Morgan fingerprint density at radius 3 is 2.39 bits per heavy atom. The molecule has 1 aliphatic rings. The molecule has 2 aromatic carbocycles. The molecule has 1 N–H and O–H groups in total. The zero-order chi connectivity index (χ0) is 20.1. The standard InChI is InChI=1S/C22H23NO3S2/c1-14(2)20(24)17-8-4-16(5-9-17)13-26-18-10-6-15(7-11-18)12-19-21(25)23-22(27-3)28-19/h4-12,14,20,24H,13H2,1-3H3/b19-12-. The molecule has 0 spiro atoms. The van der Waals surface area contributed by atoms with Gasteiger partial charge in [-0.05, 0) is 47.1 Å².